The number of carbonyl (C=O) groups excluding carboxylic acids is 1. The number of hydrogen-bond donors (Lipinski definition) is 0. The SMILES string of the molecule is COc1ccc(C2(CCCCl)Sc3ccccc3N(C)C2=O)cc1OC. The van der Waals surface area contributed by atoms with Crippen molar-refractivity contribution in [3.8, 4) is 11.5 Å². The molecule has 26 heavy (non-hydrogen) atoms. The van der Waals surface area contributed by atoms with Gasteiger partial charge in [-0.25, -0.2) is 0 Å². The van der Waals surface area contributed by atoms with Crippen molar-refractivity contribution in [1.29, 1.82) is 0 Å². The molecule has 1 aliphatic rings. The van der Waals surface area contributed by atoms with Crippen LogP contribution in [0.2, 0.25) is 0 Å². The molecule has 0 spiro atoms. The number of benzene rings is 2. The molecule has 4 nitrogen and oxygen atoms in total. The van der Waals surface area contributed by atoms with Gasteiger partial charge < -0.3 is 14.4 Å². The number of halogens is 1. The number of carbonyl (C=O) groups is 1. The highest BCUT2D eigenvalue weighted by Gasteiger charge is 2.47. The van der Waals surface area contributed by atoms with Gasteiger partial charge in [-0.1, -0.05) is 18.2 Å². The first-order chi connectivity index (χ1) is 12.6. The Hall–Kier alpha value is -1.85. The lowest BCUT2D eigenvalue weighted by atomic mass is 9.91. The van der Waals surface area contributed by atoms with Gasteiger partial charge in [0.1, 0.15) is 4.75 Å². The van der Waals surface area contributed by atoms with Crippen LogP contribution in [0.25, 0.3) is 0 Å². The molecule has 1 heterocycles. The summed E-state index contributed by atoms with van der Waals surface area (Å²) in [6.45, 7) is 0. The summed E-state index contributed by atoms with van der Waals surface area (Å²) >= 11 is 7.58. The van der Waals surface area contributed by atoms with E-state index in [-0.39, 0.29) is 5.91 Å². The highest BCUT2D eigenvalue weighted by atomic mass is 35.5. The highest BCUT2D eigenvalue weighted by molar-refractivity contribution is 8.01. The first kappa shape index (κ1) is 18.9. The third-order valence-corrected chi connectivity index (χ3v) is 6.47. The van der Waals surface area contributed by atoms with Crippen molar-refractivity contribution in [3.05, 3.63) is 48.0 Å². The smallest absolute Gasteiger partial charge is 0.247 e. The van der Waals surface area contributed by atoms with Crippen LogP contribution in [0.3, 0.4) is 0 Å². The molecule has 1 atom stereocenters. The van der Waals surface area contributed by atoms with Crippen molar-refractivity contribution in [3.63, 3.8) is 0 Å². The summed E-state index contributed by atoms with van der Waals surface area (Å²) in [5.74, 6) is 1.82. The Bertz CT molecular complexity index is 813. The van der Waals surface area contributed by atoms with Crippen LogP contribution >= 0.6 is 23.4 Å². The number of alkyl halides is 1. The number of rotatable bonds is 6. The zero-order valence-electron chi connectivity index (χ0n) is 15.1. The molecule has 2 aromatic carbocycles. The second-order valence-electron chi connectivity index (χ2n) is 6.12. The number of nitrogens with zero attached hydrogens (tertiary/aromatic N) is 1. The molecule has 0 saturated carbocycles. The Morgan fingerprint density at radius 1 is 1.12 bits per heavy atom. The van der Waals surface area contributed by atoms with E-state index < -0.39 is 4.75 Å². The Balaban J connectivity index is 2.15. The lowest BCUT2D eigenvalue weighted by Crippen LogP contribution is -2.46. The monoisotopic (exact) mass is 391 g/mol. The van der Waals surface area contributed by atoms with Crippen LogP contribution in [0.4, 0.5) is 5.69 Å². The minimum Gasteiger partial charge on any atom is -0.493 e. The molecular weight excluding hydrogens is 370 g/mol. The van der Waals surface area contributed by atoms with Gasteiger partial charge in [0.15, 0.2) is 11.5 Å². The van der Waals surface area contributed by atoms with Gasteiger partial charge in [-0.05, 0) is 42.7 Å². The van der Waals surface area contributed by atoms with E-state index in [2.05, 4.69) is 6.07 Å². The van der Waals surface area contributed by atoms with Crippen molar-refractivity contribution in [2.45, 2.75) is 22.5 Å². The molecule has 0 aliphatic carbocycles. The summed E-state index contributed by atoms with van der Waals surface area (Å²) in [5, 5.41) is 0. The number of ether oxygens (including phenoxy) is 2. The van der Waals surface area contributed by atoms with Crippen molar-refractivity contribution >= 4 is 35.0 Å². The third-order valence-electron chi connectivity index (χ3n) is 4.67. The second-order valence-corrected chi connectivity index (χ2v) is 7.84. The molecule has 2 aromatic rings. The topological polar surface area (TPSA) is 38.8 Å². The number of likely N-dealkylation sites (N-methyl/N-ethyl adjacent to an activating group) is 1. The van der Waals surface area contributed by atoms with Gasteiger partial charge >= 0.3 is 0 Å². The summed E-state index contributed by atoms with van der Waals surface area (Å²) in [4.78, 5) is 16.3. The van der Waals surface area contributed by atoms with Crippen molar-refractivity contribution in [1.82, 2.24) is 0 Å². The Kier molecular flexibility index (Phi) is 5.68. The molecule has 6 heteroatoms. The molecule has 1 amide bonds. The van der Waals surface area contributed by atoms with Crippen molar-refractivity contribution < 1.29 is 14.3 Å². The average molecular weight is 392 g/mol. The van der Waals surface area contributed by atoms with E-state index in [0.717, 1.165) is 22.6 Å². The largest absolute Gasteiger partial charge is 0.493 e. The molecule has 3 rings (SSSR count). The number of hydrogen-bond acceptors (Lipinski definition) is 4. The Morgan fingerprint density at radius 2 is 1.85 bits per heavy atom. The van der Waals surface area contributed by atoms with E-state index in [4.69, 9.17) is 21.1 Å². The fourth-order valence-corrected chi connectivity index (χ4v) is 5.00. The Labute approximate surface area is 163 Å². The fraction of sp³-hybridized carbons (Fsp3) is 0.350. The van der Waals surface area contributed by atoms with Crippen molar-refractivity contribution in [2.75, 3.05) is 32.0 Å². The van der Waals surface area contributed by atoms with Crippen LogP contribution < -0.4 is 14.4 Å². The summed E-state index contributed by atoms with van der Waals surface area (Å²) in [6.07, 6.45) is 1.39. The first-order valence-corrected chi connectivity index (χ1v) is 9.77. The van der Waals surface area contributed by atoms with E-state index in [1.165, 1.54) is 0 Å². The van der Waals surface area contributed by atoms with Crippen LogP contribution in [0.5, 0.6) is 11.5 Å². The fourth-order valence-electron chi connectivity index (χ4n) is 3.32. The van der Waals surface area contributed by atoms with E-state index in [1.807, 2.05) is 43.4 Å². The van der Waals surface area contributed by atoms with E-state index >= 15 is 0 Å². The standard InChI is InChI=1S/C20H22ClNO3S/c1-22-15-7-4-5-8-18(15)26-20(19(22)23,11-6-12-21)14-9-10-16(24-2)17(13-14)25-3/h4-5,7-10,13H,6,11-12H2,1-3H3. The van der Waals surface area contributed by atoms with Crippen LogP contribution in [-0.2, 0) is 9.54 Å². The maximum atomic E-state index is 13.5. The minimum atomic E-state index is -0.739. The minimum absolute atomic E-state index is 0.0542. The lowest BCUT2D eigenvalue weighted by Gasteiger charge is -2.41. The zero-order chi connectivity index (χ0) is 18.7. The van der Waals surface area contributed by atoms with Gasteiger partial charge in [-0.3, -0.25) is 4.79 Å². The number of anilines is 1. The molecule has 0 fully saturated rings. The summed E-state index contributed by atoms with van der Waals surface area (Å²) in [7, 11) is 5.03. The maximum Gasteiger partial charge on any atom is 0.247 e. The van der Waals surface area contributed by atoms with Crippen LogP contribution in [0, 0.1) is 0 Å². The third kappa shape index (κ3) is 3.14. The predicted molar refractivity (Wildman–Crippen MR) is 107 cm³/mol. The molecule has 0 radical (unpaired) electrons. The second kappa shape index (κ2) is 7.80. The number of thioether (sulfide) groups is 1. The van der Waals surface area contributed by atoms with Crippen LogP contribution in [0.1, 0.15) is 18.4 Å². The molecule has 0 saturated heterocycles. The first-order valence-electron chi connectivity index (χ1n) is 8.42. The Morgan fingerprint density at radius 3 is 2.54 bits per heavy atom. The molecule has 1 unspecified atom stereocenters. The number of para-hydroxylation sites is 1. The molecule has 0 N–H and O–H groups in total. The van der Waals surface area contributed by atoms with Gasteiger partial charge in [-0.2, -0.15) is 0 Å². The molecule has 1 aliphatic heterocycles. The summed E-state index contributed by atoms with van der Waals surface area (Å²) < 4.78 is 10.1. The molecular formula is C20H22ClNO3S. The highest BCUT2D eigenvalue weighted by Crippen LogP contribution is 2.53. The van der Waals surface area contributed by atoms with Crippen molar-refractivity contribution in [2.24, 2.45) is 0 Å². The van der Waals surface area contributed by atoms with Gasteiger partial charge in [0.05, 0.1) is 19.9 Å². The van der Waals surface area contributed by atoms with Gasteiger partial charge in [0.2, 0.25) is 5.91 Å². The number of fused-ring (bicyclic) bond motifs is 1. The molecule has 0 bridgehead atoms. The molecule has 0 aromatic heterocycles. The molecule has 138 valence electrons. The van der Waals surface area contributed by atoms with Crippen LogP contribution in [0.15, 0.2) is 47.4 Å². The average Bonchev–Trinajstić information content (AvgIpc) is 2.69. The normalized spacial score (nSPS) is 19.2. The number of amides is 1. The van der Waals surface area contributed by atoms with Gasteiger partial charge in [-0.15, -0.1) is 23.4 Å². The van der Waals surface area contributed by atoms with E-state index in [9.17, 15) is 4.79 Å². The summed E-state index contributed by atoms with van der Waals surface area (Å²) in [6, 6.07) is 13.7. The zero-order valence-corrected chi connectivity index (χ0v) is 16.7. The van der Waals surface area contributed by atoms with E-state index in [0.29, 0.717) is 23.8 Å². The van der Waals surface area contributed by atoms with E-state index in [1.54, 1.807) is 30.9 Å². The predicted octanol–water partition coefficient (Wildman–Crippen LogP) is 4.69. The maximum absolute atomic E-state index is 13.5. The van der Waals surface area contributed by atoms with Gasteiger partial charge in [0, 0.05) is 17.8 Å². The quantitative estimate of drug-likeness (QED) is 0.670. The summed E-state index contributed by atoms with van der Waals surface area (Å²) in [5.41, 5.74) is 1.83. The number of methoxy groups -OCH3 is 2. The van der Waals surface area contributed by atoms with Crippen LogP contribution in [-0.4, -0.2) is 33.1 Å². The van der Waals surface area contributed by atoms with Gasteiger partial charge in [0.25, 0.3) is 0 Å². The lowest BCUT2D eigenvalue weighted by molar-refractivity contribution is -0.121.